The van der Waals surface area contributed by atoms with Crippen LogP contribution in [0.1, 0.15) is 84.0 Å². The van der Waals surface area contributed by atoms with Crippen molar-refractivity contribution in [1.29, 1.82) is 0 Å². The Kier molecular flexibility index (Phi) is 6.99. The molecule has 2 aliphatic carbocycles. The summed E-state index contributed by atoms with van der Waals surface area (Å²) in [4.78, 5) is 13.7. The Balaban J connectivity index is 1.24. The summed E-state index contributed by atoms with van der Waals surface area (Å²) in [6.07, 6.45) is 9.02. The highest BCUT2D eigenvalue weighted by Gasteiger charge is 2.65. The molecule has 198 valence electrons. The summed E-state index contributed by atoms with van der Waals surface area (Å²) in [5, 5.41) is 3.04. The zero-order chi connectivity index (χ0) is 24.6. The summed E-state index contributed by atoms with van der Waals surface area (Å²) >= 11 is 0. The number of para-hydroxylation sites is 2. The van der Waals surface area contributed by atoms with E-state index in [1.165, 1.54) is 12.8 Å². The second-order valence-corrected chi connectivity index (χ2v) is 10.9. The van der Waals surface area contributed by atoms with Gasteiger partial charge in [-0.2, -0.15) is 0 Å². The van der Waals surface area contributed by atoms with Gasteiger partial charge in [0.05, 0.1) is 12.3 Å². The number of hydrogen-bond donors (Lipinski definition) is 1. The molecule has 5 atom stereocenters. The Bertz CT molecular complexity index is 926. The smallest absolute Gasteiger partial charge is 0.256 e. The maximum Gasteiger partial charge on any atom is 0.256 e. The van der Waals surface area contributed by atoms with Crippen LogP contribution in [-0.2, 0) is 28.5 Å². The monoisotopic (exact) mass is 501 g/mol. The Morgan fingerprint density at radius 2 is 1.53 bits per heavy atom. The predicted octanol–water partition coefficient (Wildman–Crippen LogP) is 5.05. The van der Waals surface area contributed by atoms with Gasteiger partial charge in [-0.1, -0.05) is 38.3 Å². The van der Waals surface area contributed by atoms with E-state index in [9.17, 15) is 4.79 Å². The number of rotatable bonds is 6. The van der Waals surface area contributed by atoms with Crippen molar-refractivity contribution in [2.75, 3.05) is 11.9 Å². The number of unbranched alkanes of at least 4 members (excludes halogenated alkanes) is 1. The Hall–Kier alpha value is -1.71. The molecule has 3 saturated heterocycles. The number of fused-ring (bicyclic) bond motifs is 3. The van der Waals surface area contributed by atoms with Crippen molar-refractivity contribution in [1.82, 2.24) is 0 Å². The van der Waals surface area contributed by atoms with Crippen LogP contribution in [0.15, 0.2) is 24.3 Å². The highest BCUT2D eigenvalue weighted by atomic mass is 16.9. The van der Waals surface area contributed by atoms with E-state index < -0.39 is 42.3 Å². The minimum atomic E-state index is -0.872. The maximum atomic E-state index is 13.7. The number of carbonyl (C=O) groups is 1. The van der Waals surface area contributed by atoms with Crippen molar-refractivity contribution in [3.05, 3.63) is 24.3 Å². The third kappa shape index (κ3) is 4.67. The molecule has 6 rings (SSSR count). The van der Waals surface area contributed by atoms with E-state index in [-0.39, 0.29) is 5.91 Å². The molecular weight excluding hydrogens is 462 g/mol. The SMILES string of the molecule is CCCCOc1ccccc1NC(=O)[C@@H]1O[C@H]2OC3(CCCCC3)O[C@@H]2[C@H]2OC3(CCCCC3)O[C@@H]21. The number of carbonyl (C=O) groups excluding carboxylic acids is 1. The fourth-order valence-electron chi connectivity index (χ4n) is 6.39. The largest absolute Gasteiger partial charge is 0.491 e. The van der Waals surface area contributed by atoms with E-state index in [1.807, 2.05) is 24.3 Å². The van der Waals surface area contributed by atoms with E-state index in [0.29, 0.717) is 18.0 Å². The zero-order valence-electron chi connectivity index (χ0n) is 21.2. The summed E-state index contributed by atoms with van der Waals surface area (Å²) in [6.45, 7) is 2.72. The Morgan fingerprint density at radius 1 is 0.889 bits per heavy atom. The van der Waals surface area contributed by atoms with E-state index >= 15 is 0 Å². The van der Waals surface area contributed by atoms with Crippen LogP contribution in [0.2, 0.25) is 0 Å². The maximum absolute atomic E-state index is 13.7. The van der Waals surface area contributed by atoms with Crippen LogP contribution < -0.4 is 10.1 Å². The van der Waals surface area contributed by atoms with Gasteiger partial charge in [-0.05, 0) is 44.2 Å². The van der Waals surface area contributed by atoms with Crippen molar-refractivity contribution in [3.8, 4) is 5.75 Å². The van der Waals surface area contributed by atoms with Gasteiger partial charge in [0, 0.05) is 25.7 Å². The van der Waals surface area contributed by atoms with Gasteiger partial charge < -0.3 is 33.7 Å². The first-order valence-electron chi connectivity index (χ1n) is 14.0. The normalized spacial score (nSPS) is 34.3. The fraction of sp³-hybridized carbons (Fsp3) is 0.750. The van der Waals surface area contributed by atoms with Crippen molar-refractivity contribution in [2.45, 2.75) is 126 Å². The van der Waals surface area contributed by atoms with E-state index in [1.54, 1.807) is 0 Å². The van der Waals surface area contributed by atoms with Crippen LogP contribution in [0.4, 0.5) is 5.69 Å². The first-order chi connectivity index (χ1) is 17.6. The Morgan fingerprint density at radius 3 is 2.25 bits per heavy atom. The molecule has 2 saturated carbocycles. The summed E-state index contributed by atoms with van der Waals surface area (Å²) in [6, 6.07) is 7.51. The molecule has 8 heteroatoms. The molecule has 1 N–H and O–H groups in total. The van der Waals surface area contributed by atoms with Gasteiger partial charge in [0.15, 0.2) is 24.0 Å². The molecule has 1 aromatic carbocycles. The molecule has 8 nitrogen and oxygen atoms in total. The molecule has 36 heavy (non-hydrogen) atoms. The molecule has 5 fully saturated rings. The standard InChI is InChI=1S/C28H39NO7/c1-2-3-18-31-20-13-7-6-12-19(20)29-25(30)23-21-22(34-27(33-21)14-8-4-9-15-27)24-26(32-23)36-28(35-24)16-10-5-11-17-28/h6-7,12-13,21-24,26H,2-5,8-11,14-18H2,1H3,(H,29,30)/t21-,22-,23+,24+,26-/m0/s1. The summed E-state index contributed by atoms with van der Waals surface area (Å²) < 4.78 is 38.5. The number of hydrogen-bond acceptors (Lipinski definition) is 7. The van der Waals surface area contributed by atoms with Crippen molar-refractivity contribution >= 4 is 11.6 Å². The molecular formula is C28H39NO7. The van der Waals surface area contributed by atoms with Crippen LogP contribution in [0.3, 0.4) is 0 Å². The van der Waals surface area contributed by atoms with E-state index in [2.05, 4.69) is 12.2 Å². The predicted molar refractivity (Wildman–Crippen MR) is 131 cm³/mol. The van der Waals surface area contributed by atoms with Crippen LogP contribution in [-0.4, -0.2) is 54.8 Å². The first-order valence-corrected chi connectivity index (χ1v) is 14.0. The van der Waals surface area contributed by atoms with Crippen LogP contribution in [0, 0.1) is 0 Å². The summed E-state index contributed by atoms with van der Waals surface area (Å²) in [7, 11) is 0. The third-order valence-electron chi connectivity index (χ3n) is 8.27. The highest BCUT2D eigenvalue weighted by Crippen LogP contribution is 2.51. The Labute approximate surface area is 213 Å². The molecule has 5 aliphatic rings. The minimum absolute atomic E-state index is 0.278. The van der Waals surface area contributed by atoms with Gasteiger partial charge in [-0.25, -0.2) is 0 Å². The molecule has 0 radical (unpaired) electrons. The second kappa shape index (κ2) is 10.2. The summed E-state index contributed by atoms with van der Waals surface area (Å²) in [5.74, 6) is -0.940. The summed E-state index contributed by atoms with van der Waals surface area (Å²) in [5.41, 5.74) is 0.625. The van der Waals surface area contributed by atoms with Crippen LogP contribution in [0.5, 0.6) is 5.75 Å². The lowest BCUT2D eigenvalue weighted by atomic mass is 9.94. The average Bonchev–Trinajstić information content (AvgIpc) is 3.43. The van der Waals surface area contributed by atoms with Crippen molar-refractivity contribution < 1.29 is 33.2 Å². The van der Waals surface area contributed by atoms with Gasteiger partial charge >= 0.3 is 0 Å². The third-order valence-corrected chi connectivity index (χ3v) is 8.27. The fourth-order valence-corrected chi connectivity index (χ4v) is 6.39. The average molecular weight is 502 g/mol. The topological polar surface area (TPSA) is 84.5 Å². The molecule has 1 aromatic rings. The molecule has 2 spiro atoms. The van der Waals surface area contributed by atoms with Gasteiger partial charge in [-0.15, -0.1) is 0 Å². The van der Waals surface area contributed by atoms with E-state index in [4.69, 9.17) is 28.4 Å². The second-order valence-electron chi connectivity index (χ2n) is 10.9. The number of anilines is 1. The molecule has 1 amide bonds. The molecule has 3 aliphatic heterocycles. The lowest BCUT2D eigenvalue weighted by Gasteiger charge is -2.36. The first kappa shape index (κ1) is 24.6. The number of nitrogens with one attached hydrogen (secondary N) is 1. The lowest BCUT2D eigenvalue weighted by molar-refractivity contribution is -0.246. The number of benzene rings is 1. The number of ether oxygens (including phenoxy) is 6. The highest BCUT2D eigenvalue weighted by molar-refractivity contribution is 5.96. The molecule has 3 heterocycles. The van der Waals surface area contributed by atoms with Crippen LogP contribution >= 0.6 is 0 Å². The van der Waals surface area contributed by atoms with Gasteiger partial charge in [0.2, 0.25) is 0 Å². The van der Waals surface area contributed by atoms with Crippen molar-refractivity contribution in [3.63, 3.8) is 0 Å². The van der Waals surface area contributed by atoms with Crippen molar-refractivity contribution in [2.24, 2.45) is 0 Å². The zero-order valence-corrected chi connectivity index (χ0v) is 21.2. The van der Waals surface area contributed by atoms with Gasteiger partial charge in [0.1, 0.15) is 24.1 Å². The van der Waals surface area contributed by atoms with Crippen LogP contribution in [0.25, 0.3) is 0 Å². The lowest BCUT2D eigenvalue weighted by Crippen LogP contribution is -2.58. The molecule has 0 aromatic heterocycles. The minimum Gasteiger partial charge on any atom is -0.491 e. The number of amides is 1. The quantitative estimate of drug-likeness (QED) is 0.546. The van der Waals surface area contributed by atoms with E-state index in [0.717, 1.165) is 64.2 Å². The van der Waals surface area contributed by atoms with Gasteiger partial charge in [0.25, 0.3) is 5.91 Å². The van der Waals surface area contributed by atoms with Gasteiger partial charge in [-0.3, -0.25) is 4.79 Å². The molecule has 0 bridgehead atoms. The molecule has 0 unspecified atom stereocenters.